The summed E-state index contributed by atoms with van der Waals surface area (Å²) >= 11 is 0. The van der Waals surface area contributed by atoms with Crippen molar-refractivity contribution in [2.75, 3.05) is 0 Å². The van der Waals surface area contributed by atoms with Gasteiger partial charge in [0.15, 0.2) is 0 Å². The molecule has 1 heterocycles. The molecular weight excluding hydrogens is 199 g/mol. The molecular formula is C4H7BaN. The van der Waals surface area contributed by atoms with Crippen LogP contribution in [0, 0.1) is 0 Å². The predicted octanol–water partition coefficient (Wildman–Crippen LogP) is 0.0985. The van der Waals surface area contributed by atoms with Gasteiger partial charge in [-0.2, -0.15) is 0 Å². The normalized spacial score (nSPS) is 6.67. The van der Waals surface area contributed by atoms with E-state index in [-0.39, 0.29) is 48.9 Å². The van der Waals surface area contributed by atoms with Gasteiger partial charge in [0.1, 0.15) is 0 Å². The molecule has 0 unspecified atom stereocenters. The van der Waals surface area contributed by atoms with Crippen molar-refractivity contribution in [3.05, 3.63) is 24.5 Å². The van der Waals surface area contributed by atoms with Crippen LogP contribution >= 0.6 is 0 Å². The van der Waals surface area contributed by atoms with Gasteiger partial charge in [-0.3, -0.25) is 0 Å². The van der Waals surface area contributed by atoms with Crippen molar-refractivity contribution < 1.29 is 0 Å². The second kappa shape index (κ2) is 4.02. The van der Waals surface area contributed by atoms with E-state index in [0.29, 0.717) is 0 Å². The van der Waals surface area contributed by atoms with Crippen LogP contribution in [-0.2, 0) is 0 Å². The Labute approximate surface area is 77.2 Å². The Balaban J connectivity index is 0.000000250. The first kappa shape index (κ1) is 6.85. The van der Waals surface area contributed by atoms with E-state index in [1.807, 2.05) is 24.5 Å². The van der Waals surface area contributed by atoms with Gasteiger partial charge in [-0.1, -0.05) is 0 Å². The third-order valence-electron chi connectivity index (χ3n) is 0.496. The van der Waals surface area contributed by atoms with Crippen LogP contribution in [0.3, 0.4) is 0 Å². The molecule has 0 aliphatic rings. The van der Waals surface area contributed by atoms with Gasteiger partial charge in [0.25, 0.3) is 0 Å². The van der Waals surface area contributed by atoms with Gasteiger partial charge in [-0.25, -0.2) is 0 Å². The number of rotatable bonds is 0. The van der Waals surface area contributed by atoms with Crippen LogP contribution in [0.5, 0.6) is 0 Å². The summed E-state index contributed by atoms with van der Waals surface area (Å²) in [5.74, 6) is 0. The summed E-state index contributed by atoms with van der Waals surface area (Å²) in [6, 6.07) is 3.89. The Bertz CT molecular complexity index is 64.0. The van der Waals surface area contributed by atoms with Gasteiger partial charge in [-0.05, 0) is 12.1 Å². The number of nitrogens with one attached hydrogen (secondary N) is 1. The second-order valence-corrected chi connectivity index (χ2v) is 0.885. The molecule has 0 aliphatic heterocycles. The third-order valence-corrected chi connectivity index (χ3v) is 0.496. The number of hydrogen-bond acceptors (Lipinski definition) is 0. The van der Waals surface area contributed by atoms with Gasteiger partial charge in [0.2, 0.25) is 0 Å². The quantitative estimate of drug-likeness (QED) is 0.580. The molecule has 0 saturated heterocycles. The first-order chi connectivity index (χ1) is 2.50. The Kier molecular flexibility index (Phi) is 4.59. The first-order valence-electron chi connectivity index (χ1n) is 1.58. The van der Waals surface area contributed by atoms with E-state index in [1.54, 1.807) is 0 Å². The number of aromatic nitrogens is 1. The van der Waals surface area contributed by atoms with Crippen LogP contribution in [0.2, 0.25) is 0 Å². The van der Waals surface area contributed by atoms with Gasteiger partial charge in [-0.15, -0.1) is 0 Å². The fourth-order valence-electron chi connectivity index (χ4n) is 0.278. The second-order valence-electron chi connectivity index (χ2n) is 0.885. The molecule has 1 nitrogen and oxygen atoms in total. The van der Waals surface area contributed by atoms with Crippen LogP contribution in [0.15, 0.2) is 24.5 Å². The molecule has 0 fully saturated rings. The van der Waals surface area contributed by atoms with Gasteiger partial charge < -0.3 is 4.98 Å². The maximum atomic E-state index is 2.86. The zero-order valence-corrected chi connectivity index (χ0v) is 2.81. The van der Waals surface area contributed by atoms with Crippen molar-refractivity contribution in [2.24, 2.45) is 0 Å². The van der Waals surface area contributed by atoms with E-state index in [0.717, 1.165) is 0 Å². The third kappa shape index (κ3) is 2.10. The van der Waals surface area contributed by atoms with Gasteiger partial charge >= 0.3 is 48.9 Å². The zero-order valence-electron chi connectivity index (χ0n) is 2.81. The van der Waals surface area contributed by atoms with Crippen LogP contribution < -0.4 is 0 Å². The van der Waals surface area contributed by atoms with E-state index in [4.69, 9.17) is 0 Å². The molecule has 30 valence electrons. The monoisotopic (exact) mass is 207 g/mol. The molecule has 0 radical (unpaired) electrons. The summed E-state index contributed by atoms with van der Waals surface area (Å²) in [5.41, 5.74) is 0. The maximum absolute atomic E-state index is 2.86. The molecule has 1 aromatic rings. The average molecular weight is 206 g/mol. The minimum atomic E-state index is 0. The average Bonchev–Trinajstić information content (AvgIpc) is 1.76. The molecule has 0 aliphatic carbocycles. The Morgan fingerprint density at radius 3 is 1.67 bits per heavy atom. The summed E-state index contributed by atoms with van der Waals surface area (Å²) < 4.78 is 0. The van der Waals surface area contributed by atoms with Crippen LogP contribution in [0.25, 0.3) is 0 Å². The largest absolute Gasteiger partial charge is 0.368 e. The molecule has 1 N–H and O–H groups in total. The molecule has 6 heavy (non-hydrogen) atoms. The fraction of sp³-hybridized carbons (Fsp3) is 0. The zero-order chi connectivity index (χ0) is 3.54. The van der Waals surface area contributed by atoms with Crippen LogP contribution in [0.1, 0.15) is 0 Å². The molecule has 0 aromatic carbocycles. The van der Waals surface area contributed by atoms with Crippen molar-refractivity contribution in [2.45, 2.75) is 0 Å². The Morgan fingerprint density at radius 2 is 1.50 bits per heavy atom. The van der Waals surface area contributed by atoms with Gasteiger partial charge in [0, 0.05) is 12.4 Å². The number of H-pyrrole nitrogens is 1. The molecule has 0 amide bonds. The Hall–Kier alpha value is 0.851. The number of hydrogen-bond donors (Lipinski definition) is 1. The van der Waals surface area contributed by atoms with Crippen molar-refractivity contribution in [3.8, 4) is 0 Å². The standard InChI is InChI=1S/C4H5N.Ba.2H/c1-2-4-5-3-1;;;/h1-5H;;;. The van der Waals surface area contributed by atoms with E-state index in [9.17, 15) is 0 Å². The molecule has 1 aromatic heterocycles. The molecule has 1 rings (SSSR count). The van der Waals surface area contributed by atoms with E-state index < -0.39 is 0 Å². The van der Waals surface area contributed by atoms with E-state index >= 15 is 0 Å². The summed E-state index contributed by atoms with van der Waals surface area (Å²) in [4.78, 5) is 2.86. The summed E-state index contributed by atoms with van der Waals surface area (Å²) in [6.45, 7) is 0. The van der Waals surface area contributed by atoms with E-state index in [1.165, 1.54) is 0 Å². The molecule has 0 spiro atoms. The van der Waals surface area contributed by atoms with Crippen LogP contribution in [-0.4, -0.2) is 53.9 Å². The topological polar surface area (TPSA) is 15.8 Å². The first-order valence-corrected chi connectivity index (χ1v) is 1.58. The molecule has 2 heteroatoms. The van der Waals surface area contributed by atoms with Crippen molar-refractivity contribution in [3.63, 3.8) is 0 Å². The van der Waals surface area contributed by atoms with Crippen molar-refractivity contribution >= 4 is 48.9 Å². The SMILES string of the molecule is [BaH2].c1cc[nH]c1. The smallest absolute Gasteiger partial charge is 0.000496 e. The molecule has 0 saturated carbocycles. The molecule has 0 atom stereocenters. The summed E-state index contributed by atoms with van der Waals surface area (Å²) in [5, 5.41) is 0. The minimum absolute atomic E-state index is 0. The fourth-order valence-corrected chi connectivity index (χ4v) is 0.278. The summed E-state index contributed by atoms with van der Waals surface area (Å²) in [7, 11) is 0. The van der Waals surface area contributed by atoms with E-state index in [2.05, 4.69) is 4.98 Å². The predicted molar refractivity (Wildman–Crippen MR) is 29.3 cm³/mol. The van der Waals surface area contributed by atoms with Crippen molar-refractivity contribution in [1.29, 1.82) is 0 Å². The Morgan fingerprint density at radius 1 is 1.00 bits per heavy atom. The summed E-state index contributed by atoms with van der Waals surface area (Å²) in [6.07, 6.45) is 3.75. The number of aromatic amines is 1. The maximum Gasteiger partial charge on any atom is 0.000496 e. The van der Waals surface area contributed by atoms with Crippen molar-refractivity contribution in [1.82, 2.24) is 4.98 Å². The molecule has 0 bridgehead atoms. The van der Waals surface area contributed by atoms with Gasteiger partial charge in [0.05, 0.1) is 0 Å². The van der Waals surface area contributed by atoms with Crippen LogP contribution in [0.4, 0.5) is 0 Å². The minimum Gasteiger partial charge on any atom is -0.368 e.